The molecule has 0 saturated carbocycles. The van der Waals surface area contributed by atoms with E-state index in [1.54, 1.807) is 0 Å². The number of benzene rings is 1. The third-order valence-corrected chi connectivity index (χ3v) is 7.33. The molecule has 3 rings (SSSR count). The fraction of sp³-hybridized carbons (Fsp3) is 0.562. The summed E-state index contributed by atoms with van der Waals surface area (Å²) in [5, 5.41) is 3.34. The molecule has 1 N–H and O–H groups in total. The molecule has 0 aromatic heterocycles. The number of carbonyl (C=O) groups excluding carboxylic acids is 1. The van der Waals surface area contributed by atoms with Crippen molar-refractivity contribution in [1.29, 1.82) is 0 Å². The highest BCUT2D eigenvalue weighted by molar-refractivity contribution is 8.19. The highest BCUT2D eigenvalue weighted by Crippen LogP contribution is 2.45. The van der Waals surface area contributed by atoms with E-state index >= 15 is 0 Å². The smallest absolute Gasteiger partial charge is 0.253 e. The van der Waals surface area contributed by atoms with Crippen LogP contribution in [0.15, 0.2) is 24.3 Å². The van der Waals surface area contributed by atoms with Crippen LogP contribution in [0.5, 0.6) is 0 Å². The van der Waals surface area contributed by atoms with E-state index in [-0.39, 0.29) is 5.91 Å². The number of nitrogens with zero attached hydrogens (tertiary/aromatic N) is 1. The molecule has 2 fully saturated rings. The molecule has 2 saturated heterocycles. The first-order valence-corrected chi connectivity index (χ1v) is 9.66. The van der Waals surface area contributed by atoms with Gasteiger partial charge in [-0.1, -0.05) is 12.1 Å². The Kier molecular flexibility index (Phi) is 5.14. The number of nitrogens with one attached hydrogen (secondary N) is 1. The Labute approximate surface area is 135 Å². The van der Waals surface area contributed by atoms with Crippen LogP contribution in [0.3, 0.4) is 0 Å². The number of piperidine rings is 1. The molecule has 0 unspecified atom stereocenters. The normalized spacial score (nSPS) is 20.6. The zero-order chi connectivity index (χ0) is 14.7. The van der Waals surface area contributed by atoms with E-state index in [2.05, 4.69) is 17.4 Å². The van der Waals surface area contributed by atoms with E-state index in [9.17, 15) is 4.79 Å². The molecule has 0 aliphatic carbocycles. The van der Waals surface area contributed by atoms with E-state index in [1.807, 2.05) is 47.6 Å². The van der Waals surface area contributed by atoms with Gasteiger partial charge in [0, 0.05) is 30.2 Å². The summed E-state index contributed by atoms with van der Waals surface area (Å²) in [7, 11) is 1.94. The van der Waals surface area contributed by atoms with Crippen molar-refractivity contribution in [2.75, 3.05) is 31.6 Å². The van der Waals surface area contributed by atoms with Crippen LogP contribution in [-0.2, 0) is 0 Å². The molecule has 3 nitrogen and oxygen atoms in total. The first kappa shape index (κ1) is 15.3. The third-order valence-electron chi connectivity index (χ3n) is 4.23. The van der Waals surface area contributed by atoms with Gasteiger partial charge in [0.25, 0.3) is 5.91 Å². The van der Waals surface area contributed by atoms with Gasteiger partial charge in [0.05, 0.1) is 4.58 Å². The van der Waals surface area contributed by atoms with Crippen molar-refractivity contribution >= 4 is 29.4 Å². The summed E-state index contributed by atoms with van der Waals surface area (Å²) in [6.45, 7) is 2.02. The zero-order valence-corrected chi connectivity index (χ0v) is 14.0. The van der Waals surface area contributed by atoms with Crippen LogP contribution in [0.1, 0.15) is 33.3 Å². The predicted octanol–water partition coefficient (Wildman–Crippen LogP) is 2.99. The van der Waals surface area contributed by atoms with Crippen LogP contribution in [-0.4, -0.2) is 48.5 Å². The molecule has 0 bridgehead atoms. The minimum atomic E-state index is 0.153. The lowest BCUT2D eigenvalue weighted by atomic mass is 10.0. The van der Waals surface area contributed by atoms with Crippen molar-refractivity contribution in [2.45, 2.75) is 23.5 Å². The lowest BCUT2D eigenvalue weighted by molar-refractivity contribution is 0.0703. The van der Waals surface area contributed by atoms with Crippen molar-refractivity contribution in [3.05, 3.63) is 35.4 Å². The molecule has 2 heterocycles. The minimum absolute atomic E-state index is 0.153. The van der Waals surface area contributed by atoms with E-state index < -0.39 is 0 Å². The summed E-state index contributed by atoms with van der Waals surface area (Å²) in [4.78, 5) is 14.5. The van der Waals surface area contributed by atoms with Crippen LogP contribution in [0.2, 0.25) is 0 Å². The second-order valence-corrected chi connectivity index (χ2v) is 8.32. The quantitative estimate of drug-likeness (QED) is 0.927. The Hall–Kier alpha value is -0.650. The Morgan fingerprint density at radius 3 is 2.38 bits per heavy atom. The molecule has 114 valence electrons. The Morgan fingerprint density at radius 1 is 1.14 bits per heavy atom. The number of rotatable bonds is 3. The van der Waals surface area contributed by atoms with E-state index in [0.717, 1.165) is 31.5 Å². The van der Waals surface area contributed by atoms with Crippen LogP contribution in [0.4, 0.5) is 0 Å². The molecule has 0 atom stereocenters. The SMILES string of the molecule is CN(C(=O)c1ccc(C2SCCS2)cc1)C1CCNCC1. The minimum Gasteiger partial charge on any atom is -0.339 e. The van der Waals surface area contributed by atoms with Gasteiger partial charge in [-0.3, -0.25) is 4.79 Å². The number of carbonyl (C=O) groups is 1. The molecular formula is C16H22N2OS2. The van der Waals surface area contributed by atoms with E-state index in [0.29, 0.717) is 10.6 Å². The monoisotopic (exact) mass is 322 g/mol. The molecule has 2 aliphatic rings. The first-order valence-electron chi connectivity index (χ1n) is 7.57. The van der Waals surface area contributed by atoms with E-state index in [4.69, 9.17) is 0 Å². The van der Waals surface area contributed by atoms with Crippen molar-refractivity contribution in [3.8, 4) is 0 Å². The van der Waals surface area contributed by atoms with Gasteiger partial charge >= 0.3 is 0 Å². The maximum Gasteiger partial charge on any atom is 0.253 e. The molecule has 1 aromatic rings. The van der Waals surface area contributed by atoms with Crippen molar-refractivity contribution in [2.24, 2.45) is 0 Å². The average Bonchev–Trinajstić information content (AvgIpc) is 3.09. The number of amides is 1. The highest BCUT2D eigenvalue weighted by Gasteiger charge is 2.23. The van der Waals surface area contributed by atoms with Gasteiger partial charge in [-0.2, -0.15) is 0 Å². The second kappa shape index (κ2) is 7.07. The summed E-state index contributed by atoms with van der Waals surface area (Å²) in [6.07, 6.45) is 2.10. The standard InChI is InChI=1S/C16H22N2OS2/c1-18(14-6-8-17-9-7-14)15(19)12-2-4-13(5-3-12)16-20-10-11-21-16/h2-5,14,16-17H,6-11H2,1H3. The molecule has 0 radical (unpaired) electrons. The van der Waals surface area contributed by atoms with Gasteiger partial charge in [-0.05, 0) is 43.6 Å². The molecule has 2 aliphatic heterocycles. The van der Waals surface area contributed by atoms with Crippen molar-refractivity contribution in [1.82, 2.24) is 10.2 Å². The molecule has 5 heteroatoms. The van der Waals surface area contributed by atoms with Crippen molar-refractivity contribution < 1.29 is 4.79 Å². The molecule has 1 aromatic carbocycles. The molecule has 21 heavy (non-hydrogen) atoms. The van der Waals surface area contributed by atoms with Gasteiger partial charge < -0.3 is 10.2 Å². The first-order chi connectivity index (χ1) is 10.3. The van der Waals surface area contributed by atoms with Crippen LogP contribution in [0.25, 0.3) is 0 Å². The van der Waals surface area contributed by atoms with Gasteiger partial charge in [0.1, 0.15) is 0 Å². The lowest BCUT2D eigenvalue weighted by Gasteiger charge is -2.31. The summed E-state index contributed by atoms with van der Waals surface area (Å²) >= 11 is 4.00. The number of hydrogen-bond acceptors (Lipinski definition) is 4. The van der Waals surface area contributed by atoms with Gasteiger partial charge in [0.2, 0.25) is 0 Å². The Balaban J connectivity index is 1.66. The topological polar surface area (TPSA) is 32.3 Å². The van der Waals surface area contributed by atoms with Gasteiger partial charge in [0.15, 0.2) is 0 Å². The Bertz CT molecular complexity index is 480. The second-order valence-electron chi connectivity index (χ2n) is 5.59. The maximum atomic E-state index is 12.6. The Morgan fingerprint density at radius 2 is 1.76 bits per heavy atom. The molecule has 0 spiro atoms. The fourth-order valence-electron chi connectivity index (χ4n) is 2.90. The van der Waals surface area contributed by atoms with Crippen molar-refractivity contribution in [3.63, 3.8) is 0 Å². The lowest BCUT2D eigenvalue weighted by Crippen LogP contribution is -2.43. The largest absolute Gasteiger partial charge is 0.339 e. The third kappa shape index (κ3) is 3.58. The number of hydrogen-bond donors (Lipinski definition) is 1. The average molecular weight is 322 g/mol. The van der Waals surface area contributed by atoms with Crippen LogP contribution >= 0.6 is 23.5 Å². The van der Waals surface area contributed by atoms with Gasteiger partial charge in [-0.15, -0.1) is 23.5 Å². The van der Waals surface area contributed by atoms with Gasteiger partial charge in [-0.25, -0.2) is 0 Å². The zero-order valence-electron chi connectivity index (χ0n) is 12.4. The maximum absolute atomic E-state index is 12.6. The fourth-order valence-corrected chi connectivity index (χ4v) is 5.76. The predicted molar refractivity (Wildman–Crippen MR) is 92.1 cm³/mol. The summed E-state index contributed by atoms with van der Waals surface area (Å²) in [5.41, 5.74) is 2.15. The van der Waals surface area contributed by atoms with Crippen LogP contribution < -0.4 is 5.32 Å². The van der Waals surface area contributed by atoms with Crippen LogP contribution in [0, 0.1) is 0 Å². The summed E-state index contributed by atoms with van der Waals surface area (Å²) < 4.78 is 0.552. The van der Waals surface area contributed by atoms with E-state index in [1.165, 1.54) is 17.1 Å². The summed E-state index contributed by atoms with van der Waals surface area (Å²) in [6, 6.07) is 8.61. The molecular weight excluding hydrogens is 300 g/mol. The molecule has 1 amide bonds. The summed E-state index contributed by atoms with van der Waals surface area (Å²) in [5.74, 6) is 2.61. The highest BCUT2D eigenvalue weighted by atomic mass is 32.2. The number of thioether (sulfide) groups is 2.